The minimum atomic E-state index is -1.35. The van der Waals surface area contributed by atoms with E-state index in [0.717, 1.165) is 11.1 Å². The molecule has 1 heterocycles. The third kappa shape index (κ3) is 1.92. The molecule has 1 N–H and O–H groups in total. The van der Waals surface area contributed by atoms with Gasteiger partial charge in [0.25, 0.3) is 0 Å². The second-order valence-corrected chi connectivity index (χ2v) is 4.24. The van der Waals surface area contributed by atoms with Crippen LogP contribution in [0, 0.1) is 0 Å². The van der Waals surface area contributed by atoms with Gasteiger partial charge >= 0.3 is 0 Å². The number of aliphatic hydroxyl groups is 1. The fourth-order valence-electron chi connectivity index (χ4n) is 2.15. The van der Waals surface area contributed by atoms with Crippen molar-refractivity contribution >= 4 is 0 Å². The van der Waals surface area contributed by atoms with Gasteiger partial charge in [0.05, 0.1) is 0 Å². The maximum atomic E-state index is 11.2. The zero-order valence-corrected chi connectivity index (χ0v) is 10.2. The lowest BCUT2D eigenvalue weighted by molar-refractivity contribution is 0.0355. The largest absolute Gasteiger partial charge is 0.362 e. The first-order valence-corrected chi connectivity index (χ1v) is 6.00. The molecule has 0 saturated carbocycles. The molecule has 19 heavy (non-hydrogen) atoms. The highest BCUT2D eigenvalue weighted by Crippen LogP contribution is 2.30. The summed E-state index contributed by atoms with van der Waals surface area (Å²) >= 11 is 0. The normalized spacial score (nSPS) is 11.4. The molecule has 0 atom stereocenters. The highest BCUT2D eigenvalue weighted by molar-refractivity contribution is 5.35. The Balaban J connectivity index is 2.23. The molecule has 0 aliphatic heterocycles. The lowest BCUT2D eigenvalue weighted by atomic mass is 9.94. The standard InChI is InChI=1S/C15H13N3O/c19-15(18-12-16-11-17-18,13-7-3-1-4-8-13)14-9-5-2-6-10-14/h1-12,19H. The van der Waals surface area contributed by atoms with Crippen molar-refractivity contribution in [3.8, 4) is 0 Å². The molecule has 94 valence electrons. The van der Waals surface area contributed by atoms with Crippen LogP contribution in [0.1, 0.15) is 11.1 Å². The zero-order valence-electron chi connectivity index (χ0n) is 10.2. The number of hydrogen-bond donors (Lipinski definition) is 1. The van der Waals surface area contributed by atoms with E-state index in [2.05, 4.69) is 10.1 Å². The number of hydrogen-bond acceptors (Lipinski definition) is 3. The summed E-state index contributed by atoms with van der Waals surface area (Å²) in [4.78, 5) is 3.93. The Labute approximate surface area is 111 Å². The Bertz CT molecular complexity index is 596. The molecule has 0 amide bonds. The van der Waals surface area contributed by atoms with Crippen molar-refractivity contribution in [3.05, 3.63) is 84.4 Å². The van der Waals surface area contributed by atoms with Crippen molar-refractivity contribution in [2.45, 2.75) is 5.72 Å². The summed E-state index contributed by atoms with van der Waals surface area (Å²) in [5, 5.41) is 15.3. The SMILES string of the molecule is OC(c1ccccc1)(c1ccccc1)n1cncn1. The van der Waals surface area contributed by atoms with Crippen LogP contribution in [0.2, 0.25) is 0 Å². The second-order valence-electron chi connectivity index (χ2n) is 4.24. The highest BCUT2D eigenvalue weighted by atomic mass is 16.3. The van der Waals surface area contributed by atoms with Crippen LogP contribution < -0.4 is 0 Å². The number of benzene rings is 2. The highest BCUT2D eigenvalue weighted by Gasteiger charge is 2.34. The average molecular weight is 251 g/mol. The van der Waals surface area contributed by atoms with E-state index in [1.54, 1.807) is 0 Å². The minimum absolute atomic E-state index is 0.742. The molecule has 3 rings (SSSR count). The van der Waals surface area contributed by atoms with E-state index < -0.39 is 5.72 Å². The van der Waals surface area contributed by atoms with Crippen molar-refractivity contribution in [3.63, 3.8) is 0 Å². The molecule has 0 unspecified atom stereocenters. The Morgan fingerprint density at radius 2 is 1.37 bits per heavy atom. The average Bonchev–Trinajstić information content (AvgIpc) is 3.03. The summed E-state index contributed by atoms with van der Waals surface area (Å²) < 4.78 is 1.46. The third-order valence-electron chi connectivity index (χ3n) is 3.10. The van der Waals surface area contributed by atoms with Gasteiger partial charge in [-0.2, -0.15) is 5.10 Å². The van der Waals surface area contributed by atoms with Crippen molar-refractivity contribution in [1.29, 1.82) is 0 Å². The van der Waals surface area contributed by atoms with Crippen molar-refractivity contribution in [2.24, 2.45) is 0 Å². The third-order valence-corrected chi connectivity index (χ3v) is 3.10. The summed E-state index contributed by atoms with van der Waals surface area (Å²) in [7, 11) is 0. The molecule has 4 nitrogen and oxygen atoms in total. The van der Waals surface area contributed by atoms with Gasteiger partial charge in [0, 0.05) is 11.1 Å². The van der Waals surface area contributed by atoms with Crippen LogP contribution in [-0.2, 0) is 5.72 Å². The van der Waals surface area contributed by atoms with Crippen LogP contribution >= 0.6 is 0 Å². The predicted octanol–water partition coefficient (Wildman–Crippen LogP) is 2.02. The second kappa shape index (κ2) is 4.66. The Hall–Kier alpha value is -2.46. The molecule has 0 bridgehead atoms. The molecule has 3 aromatic rings. The van der Waals surface area contributed by atoms with E-state index >= 15 is 0 Å². The fourth-order valence-corrected chi connectivity index (χ4v) is 2.15. The number of nitrogens with zero attached hydrogens (tertiary/aromatic N) is 3. The van der Waals surface area contributed by atoms with Crippen LogP contribution in [0.25, 0.3) is 0 Å². The maximum Gasteiger partial charge on any atom is 0.212 e. The van der Waals surface area contributed by atoms with E-state index in [1.807, 2.05) is 60.7 Å². The monoisotopic (exact) mass is 251 g/mol. The molecule has 2 aromatic carbocycles. The number of aromatic nitrogens is 3. The minimum Gasteiger partial charge on any atom is -0.362 e. The molecule has 1 aromatic heterocycles. The Kier molecular flexibility index (Phi) is 2.85. The topological polar surface area (TPSA) is 50.9 Å². The van der Waals surface area contributed by atoms with Gasteiger partial charge in [-0.15, -0.1) is 0 Å². The molecule has 0 radical (unpaired) electrons. The molecular weight excluding hydrogens is 238 g/mol. The molecule has 0 aliphatic carbocycles. The van der Waals surface area contributed by atoms with Crippen LogP contribution in [0.5, 0.6) is 0 Å². The summed E-state index contributed by atoms with van der Waals surface area (Å²) in [6.45, 7) is 0. The predicted molar refractivity (Wildman–Crippen MR) is 71.3 cm³/mol. The smallest absolute Gasteiger partial charge is 0.212 e. The van der Waals surface area contributed by atoms with Gasteiger partial charge < -0.3 is 5.11 Å². The van der Waals surface area contributed by atoms with E-state index in [1.165, 1.54) is 17.3 Å². The molecule has 0 spiro atoms. The van der Waals surface area contributed by atoms with Gasteiger partial charge in [0.1, 0.15) is 12.7 Å². The van der Waals surface area contributed by atoms with Crippen molar-refractivity contribution in [1.82, 2.24) is 14.8 Å². The van der Waals surface area contributed by atoms with E-state index in [-0.39, 0.29) is 0 Å². The first kappa shape index (κ1) is 11.6. The van der Waals surface area contributed by atoms with Gasteiger partial charge in [-0.25, -0.2) is 9.67 Å². The summed E-state index contributed by atoms with van der Waals surface area (Å²) in [5.41, 5.74) is 0.136. The van der Waals surface area contributed by atoms with Gasteiger partial charge in [-0.05, 0) is 0 Å². The number of rotatable bonds is 3. The van der Waals surface area contributed by atoms with Crippen molar-refractivity contribution < 1.29 is 5.11 Å². The van der Waals surface area contributed by atoms with Crippen LogP contribution in [0.3, 0.4) is 0 Å². The molecular formula is C15H13N3O. The van der Waals surface area contributed by atoms with Gasteiger partial charge in [0.15, 0.2) is 0 Å². The first-order valence-electron chi connectivity index (χ1n) is 6.00. The van der Waals surface area contributed by atoms with Gasteiger partial charge in [-0.1, -0.05) is 60.7 Å². The Morgan fingerprint density at radius 3 is 1.79 bits per heavy atom. The van der Waals surface area contributed by atoms with Crippen molar-refractivity contribution in [2.75, 3.05) is 0 Å². The van der Waals surface area contributed by atoms with Gasteiger partial charge in [0.2, 0.25) is 5.72 Å². The zero-order chi connectivity index (χ0) is 13.1. The molecule has 0 fully saturated rings. The summed E-state index contributed by atoms with van der Waals surface area (Å²) in [6.07, 6.45) is 2.93. The molecule has 0 saturated heterocycles. The molecule has 0 aliphatic rings. The quantitative estimate of drug-likeness (QED) is 0.774. The summed E-state index contributed by atoms with van der Waals surface area (Å²) in [6, 6.07) is 18.9. The first-order chi connectivity index (χ1) is 9.32. The maximum absolute atomic E-state index is 11.2. The van der Waals surface area contributed by atoms with E-state index in [9.17, 15) is 5.11 Å². The van der Waals surface area contributed by atoms with Crippen LogP contribution in [-0.4, -0.2) is 19.9 Å². The van der Waals surface area contributed by atoms with E-state index in [0.29, 0.717) is 0 Å². The lowest BCUT2D eigenvalue weighted by Gasteiger charge is -2.29. The summed E-state index contributed by atoms with van der Waals surface area (Å²) in [5.74, 6) is 0. The van der Waals surface area contributed by atoms with Gasteiger partial charge in [-0.3, -0.25) is 0 Å². The van der Waals surface area contributed by atoms with Crippen LogP contribution in [0.15, 0.2) is 73.3 Å². The lowest BCUT2D eigenvalue weighted by Crippen LogP contribution is -2.36. The Morgan fingerprint density at radius 1 is 0.842 bits per heavy atom. The fraction of sp³-hybridized carbons (Fsp3) is 0.0667. The van der Waals surface area contributed by atoms with E-state index in [4.69, 9.17) is 0 Å². The van der Waals surface area contributed by atoms with Crippen LogP contribution in [0.4, 0.5) is 0 Å². The molecule has 4 heteroatoms.